The number of imidazole rings is 1. The van der Waals surface area contributed by atoms with Gasteiger partial charge < -0.3 is 20.0 Å². The number of aromatic nitrogens is 2. The molecule has 1 heterocycles. The van der Waals surface area contributed by atoms with Crippen molar-refractivity contribution >= 4 is 24.0 Å². The minimum Gasteiger partial charge on any atom is -0.481 e. The first-order valence-corrected chi connectivity index (χ1v) is 8.81. The summed E-state index contributed by atoms with van der Waals surface area (Å²) in [6.07, 6.45) is 1.93. The monoisotopic (exact) mass is 380 g/mol. The maximum Gasteiger partial charge on any atom is 0.305 e. The van der Waals surface area contributed by atoms with Crippen LogP contribution < -0.4 is 5.73 Å². The van der Waals surface area contributed by atoms with E-state index in [0.717, 1.165) is 22.4 Å². The lowest BCUT2D eigenvalue weighted by atomic mass is 10.0. The number of carbonyl (C=O) groups is 1. The Labute approximate surface area is 162 Å². The Morgan fingerprint density at radius 1 is 1.07 bits per heavy atom. The molecular formula is C20H20N4O2S. The predicted molar refractivity (Wildman–Crippen MR) is 108 cm³/mol. The number of nitrogens with zero attached hydrogens (tertiary/aromatic N) is 2. The van der Waals surface area contributed by atoms with Gasteiger partial charge in [0.05, 0.1) is 12.1 Å². The Morgan fingerprint density at radius 2 is 1.59 bits per heavy atom. The normalized spacial score (nSPS) is 10.7. The fourth-order valence-corrected chi connectivity index (χ4v) is 3.15. The molecule has 0 unspecified atom stereocenters. The summed E-state index contributed by atoms with van der Waals surface area (Å²) < 4.78 is 4.26. The second kappa shape index (κ2) is 7.59. The van der Waals surface area contributed by atoms with Gasteiger partial charge in [-0.3, -0.25) is 10.2 Å². The molecule has 0 saturated heterocycles. The van der Waals surface area contributed by atoms with E-state index in [9.17, 15) is 4.79 Å². The van der Waals surface area contributed by atoms with Crippen LogP contribution in [0, 0.1) is 10.2 Å². The lowest BCUT2D eigenvalue weighted by molar-refractivity contribution is -0.137. The Bertz CT molecular complexity index is 1050. The molecular weight excluding hydrogens is 360 g/mol. The predicted octanol–water partition coefficient (Wildman–Crippen LogP) is 3.65. The van der Waals surface area contributed by atoms with E-state index in [2.05, 4.69) is 0 Å². The molecule has 6 nitrogen and oxygen atoms in total. The van der Waals surface area contributed by atoms with Crippen LogP contribution in [-0.2, 0) is 18.4 Å². The van der Waals surface area contributed by atoms with Crippen molar-refractivity contribution in [1.82, 2.24) is 9.13 Å². The summed E-state index contributed by atoms with van der Waals surface area (Å²) in [6, 6.07) is 15.6. The smallest absolute Gasteiger partial charge is 0.305 e. The zero-order valence-corrected chi connectivity index (χ0v) is 15.7. The summed E-state index contributed by atoms with van der Waals surface area (Å²) in [5, 5.41) is 16.3. The van der Waals surface area contributed by atoms with Crippen molar-refractivity contribution in [2.24, 2.45) is 12.8 Å². The van der Waals surface area contributed by atoms with E-state index in [-0.39, 0.29) is 12.3 Å². The van der Waals surface area contributed by atoms with Crippen molar-refractivity contribution in [3.63, 3.8) is 0 Å². The second-order valence-corrected chi connectivity index (χ2v) is 6.63. The lowest BCUT2D eigenvalue weighted by Crippen LogP contribution is -2.10. The quantitative estimate of drug-likeness (QED) is 0.345. The summed E-state index contributed by atoms with van der Waals surface area (Å²) >= 11 is 5.41. The first-order valence-electron chi connectivity index (χ1n) is 8.40. The molecule has 1 aromatic heterocycles. The molecule has 27 heavy (non-hydrogen) atoms. The highest BCUT2D eigenvalue weighted by Gasteiger charge is 2.09. The van der Waals surface area contributed by atoms with E-state index in [4.69, 9.17) is 28.5 Å². The van der Waals surface area contributed by atoms with Gasteiger partial charge in [-0.25, -0.2) is 0 Å². The van der Waals surface area contributed by atoms with E-state index in [1.165, 1.54) is 0 Å². The van der Waals surface area contributed by atoms with Crippen molar-refractivity contribution < 1.29 is 9.90 Å². The van der Waals surface area contributed by atoms with Crippen LogP contribution in [0.4, 0.5) is 0 Å². The highest BCUT2D eigenvalue weighted by atomic mass is 32.1. The van der Waals surface area contributed by atoms with E-state index in [1.807, 2.05) is 66.3 Å². The van der Waals surface area contributed by atoms with Gasteiger partial charge in [-0.2, -0.15) is 0 Å². The maximum absolute atomic E-state index is 10.8. The van der Waals surface area contributed by atoms with Crippen LogP contribution in [0.15, 0.2) is 54.7 Å². The van der Waals surface area contributed by atoms with Gasteiger partial charge in [-0.15, -0.1) is 0 Å². The van der Waals surface area contributed by atoms with Gasteiger partial charge in [0.1, 0.15) is 5.84 Å². The van der Waals surface area contributed by atoms with Crippen molar-refractivity contribution in [1.29, 1.82) is 5.41 Å². The highest BCUT2D eigenvalue weighted by molar-refractivity contribution is 7.71. The van der Waals surface area contributed by atoms with Crippen molar-refractivity contribution in [3.8, 4) is 22.4 Å². The molecule has 0 amide bonds. The van der Waals surface area contributed by atoms with Gasteiger partial charge in [-0.1, -0.05) is 48.5 Å². The molecule has 0 radical (unpaired) electrons. The fraction of sp³-hybridized carbons (Fsp3) is 0.150. The molecule has 7 heteroatoms. The number of rotatable bonds is 6. The van der Waals surface area contributed by atoms with Crippen LogP contribution in [0.3, 0.4) is 0 Å². The maximum atomic E-state index is 10.8. The minimum atomic E-state index is -0.845. The molecule has 3 aromatic rings. The van der Waals surface area contributed by atoms with Gasteiger partial charge >= 0.3 is 5.97 Å². The number of aliphatic carboxylic acids is 1. The molecule has 3 rings (SSSR count). The first kappa shape index (κ1) is 18.6. The number of benzene rings is 2. The average Bonchev–Trinajstić information content (AvgIpc) is 2.95. The van der Waals surface area contributed by atoms with Crippen LogP contribution >= 0.6 is 12.2 Å². The topological polar surface area (TPSA) is 97.0 Å². The summed E-state index contributed by atoms with van der Waals surface area (Å²) in [7, 11) is 1.88. The van der Waals surface area contributed by atoms with E-state index >= 15 is 0 Å². The van der Waals surface area contributed by atoms with Crippen LogP contribution in [0.25, 0.3) is 22.4 Å². The third-order valence-corrected chi connectivity index (χ3v) is 4.96. The molecule has 138 valence electrons. The lowest BCUT2D eigenvalue weighted by Gasteiger charge is -2.06. The zero-order chi connectivity index (χ0) is 19.6. The fourth-order valence-electron chi connectivity index (χ4n) is 2.91. The van der Waals surface area contributed by atoms with Crippen LogP contribution in [-0.4, -0.2) is 26.0 Å². The molecule has 0 atom stereocenters. The molecule has 0 bridgehead atoms. The SMILES string of the molecule is Cn1c(-c2ccc(-c3ccc(C(=N)N)cc3)cc2)cn(CCC(=O)O)c1=S. The number of nitrogens with two attached hydrogens (primary N) is 1. The summed E-state index contributed by atoms with van der Waals surface area (Å²) in [5.41, 5.74) is 10.2. The third-order valence-electron chi connectivity index (χ3n) is 4.45. The van der Waals surface area contributed by atoms with Crippen molar-refractivity contribution in [3.05, 3.63) is 65.1 Å². The molecule has 0 spiro atoms. The first-order chi connectivity index (χ1) is 12.9. The molecule has 0 fully saturated rings. The number of carboxylic acids is 1. The van der Waals surface area contributed by atoms with Crippen molar-refractivity contribution in [2.75, 3.05) is 0 Å². The van der Waals surface area contributed by atoms with Crippen LogP contribution in [0.1, 0.15) is 12.0 Å². The Hall–Kier alpha value is -3.19. The van der Waals surface area contributed by atoms with E-state index in [1.54, 1.807) is 4.57 Å². The number of nitrogen functional groups attached to an aromatic ring is 1. The summed E-state index contributed by atoms with van der Waals surface area (Å²) in [5.74, 6) is -0.793. The van der Waals surface area contributed by atoms with Gasteiger partial charge in [0.25, 0.3) is 0 Å². The molecule has 0 aliphatic heterocycles. The zero-order valence-electron chi connectivity index (χ0n) is 14.8. The highest BCUT2D eigenvalue weighted by Crippen LogP contribution is 2.25. The molecule has 2 aromatic carbocycles. The van der Waals surface area contributed by atoms with E-state index < -0.39 is 5.97 Å². The summed E-state index contributed by atoms with van der Waals surface area (Å²) in [6.45, 7) is 0.350. The molecule has 0 aliphatic rings. The van der Waals surface area contributed by atoms with Gasteiger partial charge in [0.15, 0.2) is 4.77 Å². The minimum absolute atomic E-state index is 0.0347. The van der Waals surface area contributed by atoms with Gasteiger partial charge in [0, 0.05) is 25.4 Å². The second-order valence-electron chi connectivity index (χ2n) is 6.26. The van der Waals surface area contributed by atoms with Crippen molar-refractivity contribution in [2.45, 2.75) is 13.0 Å². The average molecular weight is 380 g/mol. The van der Waals surface area contributed by atoms with E-state index in [0.29, 0.717) is 16.9 Å². The number of amidine groups is 1. The number of aryl methyl sites for hydroxylation is 1. The summed E-state index contributed by atoms with van der Waals surface area (Å²) in [4.78, 5) is 10.8. The number of hydrogen-bond donors (Lipinski definition) is 3. The van der Waals surface area contributed by atoms with Crippen LogP contribution in [0.5, 0.6) is 0 Å². The number of nitrogens with one attached hydrogen (secondary N) is 1. The molecule has 0 aliphatic carbocycles. The third kappa shape index (κ3) is 3.98. The van der Waals surface area contributed by atoms with Crippen LogP contribution in [0.2, 0.25) is 0 Å². The number of carboxylic acid groups (broad SMARTS) is 1. The number of hydrogen-bond acceptors (Lipinski definition) is 3. The Morgan fingerprint density at radius 3 is 2.11 bits per heavy atom. The molecule has 0 saturated carbocycles. The Kier molecular flexibility index (Phi) is 5.23. The Balaban J connectivity index is 1.87. The standard InChI is InChI=1S/C20H20N4O2S/c1-23-17(12-24(20(23)27)11-10-18(25)26)15-6-2-13(3-7-15)14-4-8-16(9-5-14)19(21)22/h2-9,12H,10-11H2,1H3,(H3,21,22)(H,25,26). The largest absolute Gasteiger partial charge is 0.481 e. The van der Waals surface area contributed by atoms with Gasteiger partial charge in [-0.05, 0) is 28.9 Å². The van der Waals surface area contributed by atoms with Gasteiger partial charge in [0.2, 0.25) is 0 Å². The molecule has 4 N–H and O–H groups in total.